The maximum Gasteiger partial charge on any atom is 0.290 e. The number of rotatable bonds is 5. The SMILES string of the molecule is CCc1nc(S(=O)(=O)Cl)cn1CC(F)(F)c1ccccc1. The van der Waals surface area contributed by atoms with Crippen LogP contribution >= 0.6 is 10.7 Å². The molecule has 0 amide bonds. The van der Waals surface area contributed by atoms with Crippen LogP contribution in [0.25, 0.3) is 0 Å². The molecular weight excluding hydrogens is 322 g/mol. The van der Waals surface area contributed by atoms with Gasteiger partial charge in [-0.15, -0.1) is 0 Å². The van der Waals surface area contributed by atoms with E-state index in [1.54, 1.807) is 13.0 Å². The van der Waals surface area contributed by atoms with E-state index in [4.69, 9.17) is 10.7 Å². The summed E-state index contributed by atoms with van der Waals surface area (Å²) >= 11 is 0. The second-order valence-electron chi connectivity index (χ2n) is 4.49. The number of benzene rings is 1. The third kappa shape index (κ3) is 3.59. The van der Waals surface area contributed by atoms with E-state index in [1.807, 2.05) is 0 Å². The molecule has 114 valence electrons. The van der Waals surface area contributed by atoms with Gasteiger partial charge >= 0.3 is 0 Å². The molecule has 0 radical (unpaired) electrons. The fourth-order valence-electron chi connectivity index (χ4n) is 1.95. The zero-order valence-electron chi connectivity index (χ0n) is 11.1. The highest BCUT2D eigenvalue weighted by Crippen LogP contribution is 2.30. The zero-order valence-corrected chi connectivity index (χ0v) is 12.7. The van der Waals surface area contributed by atoms with E-state index >= 15 is 0 Å². The van der Waals surface area contributed by atoms with Gasteiger partial charge in [-0.05, 0) is 0 Å². The molecule has 0 saturated carbocycles. The Morgan fingerprint density at radius 2 is 1.90 bits per heavy atom. The summed E-state index contributed by atoms with van der Waals surface area (Å²) < 4.78 is 52.1. The summed E-state index contributed by atoms with van der Waals surface area (Å²) in [5.74, 6) is -2.90. The Labute approximate surface area is 125 Å². The van der Waals surface area contributed by atoms with Crippen molar-refractivity contribution < 1.29 is 17.2 Å². The molecule has 0 aliphatic rings. The van der Waals surface area contributed by atoms with Gasteiger partial charge in [-0.25, -0.2) is 13.4 Å². The van der Waals surface area contributed by atoms with Gasteiger partial charge < -0.3 is 4.57 Å². The molecule has 0 fully saturated rings. The van der Waals surface area contributed by atoms with Crippen molar-refractivity contribution >= 4 is 19.7 Å². The van der Waals surface area contributed by atoms with Crippen LogP contribution in [0.4, 0.5) is 8.78 Å². The number of imidazole rings is 1. The molecule has 0 N–H and O–H groups in total. The average molecular weight is 335 g/mol. The first kappa shape index (κ1) is 15.9. The molecule has 1 aromatic carbocycles. The van der Waals surface area contributed by atoms with Gasteiger partial charge in [-0.2, -0.15) is 8.78 Å². The van der Waals surface area contributed by atoms with Crippen molar-refractivity contribution in [2.24, 2.45) is 0 Å². The predicted octanol–water partition coefficient (Wildman–Crippen LogP) is 3.17. The van der Waals surface area contributed by atoms with Gasteiger partial charge in [0.2, 0.25) is 0 Å². The van der Waals surface area contributed by atoms with Crippen molar-refractivity contribution in [3.8, 4) is 0 Å². The molecule has 4 nitrogen and oxygen atoms in total. The van der Waals surface area contributed by atoms with E-state index in [2.05, 4.69) is 4.98 Å². The number of aryl methyl sites for hydroxylation is 1. The van der Waals surface area contributed by atoms with Gasteiger partial charge in [0.05, 0.1) is 6.54 Å². The number of halogens is 3. The van der Waals surface area contributed by atoms with E-state index in [0.29, 0.717) is 6.42 Å². The average Bonchev–Trinajstić information content (AvgIpc) is 2.82. The van der Waals surface area contributed by atoms with Crippen LogP contribution in [0.3, 0.4) is 0 Å². The summed E-state index contributed by atoms with van der Waals surface area (Å²) in [6.07, 6.45) is 1.36. The maximum atomic E-state index is 14.2. The Morgan fingerprint density at radius 1 is 1.29 bits per heavy atom. The lowest BCUT2D eigenvalue weighted by atomic mass is 10.1. The van der Waals surface area contributed by atoms with E-state index in [0.717, 1.165) is 10.8 Å². The molecule has 21 heavy (non-hydrogen) atoms. The minimum absolute atomic E-state index is 0.143. The third-order valence-electron chi connectivity index (χ3n) is 2.97. The Bertz CT molecular complexity index is 730. The van der Waals surface area contributed by atoms with Crippen LogP contribution in [-0.2, 0) is 27.9 Å². The highest BCUT2D eigenvalue weighted by atomic mass is 35.7. The molecule has 0 aliphatic heterocycles. The van der Waals surface area contributed by atoms with E-state index in [1.165, 1.54) is 24.3 Å². The highest BCUT2D eigenvalue weighted by Gasteiger charge is 2.33. The number of alkyl halides is 2. The Balaban J connectivity index is 2.37. The van der Waals surface area contributed by atoms with Crippen molar-refractivity contribution in [2.45, 2.75) is 30.8 Å². The van der Waals surface area contributed by atoms with Crippen molar-refractivity contribution in [1.29, 1.82) is 0 Å². The molecule has 2 rings (SSSR count). The maximum absolute atomic E-state index is 14.2. The number of aromatic nitrogens is 2. The zero-order chi connectivity index (χ0) is 15.7. The Hall–Kier alpha value is -1.47. The monoisotopic (exact) mass is 334 g/mol. The van der Waals surface area contributed by atoms with Crippen LogP contribution < -0.4 is 0 Å². The first-order chi connectivity index (χ1) is 9.74. The van der Waals surface area contributed by atoms with E-state index in [9.17, 15) is 17.2 Å². The molecule has 0 bridgehead atoms. The molecule has 0 saturated heterocycles. The topological polar surface area (TPSA) is 52.0 Å². The lowest BCUT2D eigenvalue weighted by Gasteiger charge is -2.18. The Morgan fingerprint density at radius 3 is 2.43 bits per heavy atom. The molecule has 0 spiro atoms. The quantitative estimate of drug-likeness (QED) is 0.789. The standard InChI is InChI=1S/C13H13ClF2N2O2S/c1-2-11-17-12(21(14,19)20)8-18(11)9-13(15,16)10-6-4-3-5-7-10/h3-8H,2,9H2,1H3. The van der Waals surface area contributed by atoms with Gasteiger partial charge in [0, 0.05) is 28.9 Å². The van der Waals surface area contributed by atoms with Crippen molar-refractivity contribution in [3.05, 3.63) is 47.9 Å². The molecule has 1 aromatic heterocycles. The first-order valence-electron chi connectivity index (χ1n) is 6.18. The summed E-state index contributed by atoms with van der Waals surface area (Å²) in [6.45, 7) is 1.00. The lowest BCUT2D eigenvalue weighted by Crippen LogP contribution is -2.22. The second-order valence-corrected chi connectivity index (χ2v) is 7.00. The molecule has 0 aliphatic carbocycles. The Kier molecular flexibility index (Phi) is 4.34. The molecule has 0 unspecified atom stereocenters. The third-order valence-corrected chi connectivity index (χ3v) is 4.14. The predicted molar refractivity (Wildman–Crippen MR) is 75.0 cm³/mol. The van der Waals surface area contributed by atoms with Crippen molar-refractivity contribution in [2.75, 3.05) is 0 Å². The van der Waals surface area contributed by atoms with Crippen LogP contribution in [0.1, 0.15) is 18.3 Å². The number of hydrogen-bond donors (Lipinski definition) is 0. The van der Waals surface area contributed by atoms with Gasteiger partial charge in [0.25, 0.3) is 15.0 Å². The molecule has 1 heterocycles. The molecule has 0 atom stereocenters. The fourth-order valence-corrected chi connectivity index (χ4v) is 2.64. The van der Waals surface area contributed by atoms with Crippen molar-refractivity contribution in [3.63, 3.8) is 0 Å². The lowest BCUT2D eigenvalue weighted by molar-refractivity contribution is -0.0229. The highest BCUT2D eigenvalue weighted by molar-refractivity contribution is 8.13. The van der Waals surface area contributed by atoms with Gasteiger partial charge in [-0.3, -0.25) is 0 Å². The van der Waals surface area contributed by atoms with Gasteiger partial charge in [0.15, 0.2) is 5.03 Å². The molecule has 8 heteroatoms. The molecule has 2 aromatic rings. The second kappa shape index (κ2) is 5.73. The van der Waals surface area contributed by atoms with Gasteiger partial charge in [0.1, 0.15) is 5.82 Å². The minimum Gasteiger partial charge on any atom is -0.327 e. The summed E-state index contributed by atoms with van der Waals surface area (Å²) in [6, 6.07) is 7.33. The van der Waals surface area contributed by atoms with E-state index < -0.39 is 26.5 Å². The number of hydrogen-bond acceptors (Lipinski definition) is 3. The van der Waals surface area contributed by atoms with Crippen LogP contribution in [0, 0.1) is 0 Å². The summed E-state index contributed by atoms with van der Waals surface area (Å²) in [5, 5.41) is -0.412. The number of nitrogens with zero attached hydrogens (tertiary/aromatic N) is 2. The normalized spacial score (nSPS) is 12.6. The smallest absolute Gasteiger partial charge is 0.290 e. The van der Waals surface area contributed by atoms with Crippen molar-refractivity contribution in [1.82, 2.24) is 9.55 Å². The largest absolute Gasteiger partial charge is 0.327 e. The van der Waals surface area contributed by atoms with Crippen LogP contribution in [-0.4, -0.2) is 18.0 Å². The van der Waals surface area contributed by atoms with E-state index in [-0.39, 0.29) is 11.4 Å². The first-order valence-corrected chi connectivity index (χ1v) is 8.49. The molecular formula is C13H13ClF2N2O2S. The summed E-state index contributed by atoms with van der Waals surface area (Å²) in [5.41, 5.74) is -0.143. The van der Waals surface area contributed by atoms with Crippen LogP contribution in [0.15, 0.2) is 41.6 Å². The summed E-state index contributed by atoms with van der Waals surface area (Å²) in [4.78, 5) is 3.79. The van der Waals surface area contributed by atoms with Crippen LogP contribution in [0.2, 0.25) is 0 Å². The van der Waals surface area contributed by atoms with Crippen LogP contribution in [0.5, 0.6) is 0 Å². The summed E-state index contributed by atoms with van der Waals surface area (Å²) in [7, 11) is 1.16. The fraction of sp³-hybridized carbons (Fsp3) is 0.308. The van der Waals surface area contributed by atoms with Gasteiger partial charge in [-0.1, -0.05) is 37.3 Å². The minimum atomic E-state index is -4.04.